The fraction of sp³-hybridized carbons (Fsp3) is 0.700. The highest BCUT2D eigenvalue weighted by Gasteiger charge is 2.40. The maximum atomic E-state index is 11.8. The summed E-state index contributed by atoms with van der Waals surface area (Å²) >= 11 is 0. The lowest BCUT2D eigenvalue weighted by atomic mass is 9.88. The molecule has 1 aliphatic rings. The molecule has 78 valence electrons. The van der Waals surface area contributed by atoms with E-state index in [9.17, 15) is 14.4 Å². The Balaban J connectivity index is 2.89. The van der Waals surface area contributed by atoms with Crippen LogP contribution in [0.2, 0.25) is 0 Å². The van der Waals surface area contributed by atoms with Crippen LogP contribution in [0, 0.1) is 5.41 Å². The SMILES string of the molecule is CCC(C)(C)C(=O)N1C(=O)CCC1=O. The van der Waals surface area contributed by atoms with Gasteiger partial charge < -0.3 is 0 Å². The van der Waals surface area contributed by atoms with E-state index in [2.05, 4.69) is 0 Å². The predicted octanol–water partition coefficient (Wildman–Crippen LogP) is 1.10. The Morgan fingerprint density at radius 3 is 2.07 bits per heavy atom. The number of likely N-dealkylation sites (tertiary alicyclic amines) is 1. The Morgan fingerprint density at radius 1 is 1.29 bits per heavy atom. The second-order valence-electron chi connectivity index (χ2n) is 4.17. The molecule has 1 heterocycles. The molecule has 1 rings (SSSR count). The highest BCUT2D eigenvalue weighted by atomic mass is 16.2. The van der Waals surface area contributed by atoms with Gasteiger partial charge in [-0.05, 0) is 6.42 Å². The summed E-state index contributed by atoms with van der Waals surface area (Å²) in [6.07, 6.45) is 0.956. The number of hydrogen-bond acceptors (Lipinski definition) is 3. The number of carbonyl (C=O) groups is 3. The molecule has 14 heavy (non-hydrogen) atoms. The molecule has 1 fully saturated rings. The third-order valence-electron chi connectivity index (χ3n) is 2.72. The van der Waals surface area contributed by atoms with Gasteiger partial charge in [-0.25, -0.2) is 4.90 Å². The average molecular weight is 197 g/mol. The van der Waals surface area contributed by atoms with Gasteiger partial charge in [0.25, 0.3) is 0 Å². The van der Waals surface area contributed by atoms with Crippen LogP contribution in [-0.2, 0) is 14.4 Å². The van der Waals surface area contributed by atoms with Gasteiger partial charge >= 0.3 is 0 Å². The van der Waals surface area contributed by atoms with Crippen LogP contribution >= 0.6 is 0 Å². The van der Waals surface area contributed by atoms with E-state index < -0.39 is 5.41 Å². The van der Waals surface area contributed by atoms with Crippen LogP contribution in [0.1, 0.15) is 40.0 Å². The number of nitrogens with zero attached hydrogens (tertiary/aromatic N) is 1. The van der Waals surface area contributed by atoms with E-state index in [1.54, 1.807) is 13.8 Å². The van der Waals surface area contributed by atoms with Gasteiger partial charge in [-0.2, -0.15) is 0 Å². The summed E-state index contributed by atoms with van der Waals surface area (Å²) < 4.78 is 0. The first-order chi connectivity index (χ1) is 6.40. The fourth-order valence-electron chi connectivity index (χ4n) is 1.26. The van der Waals surface area contributed by atoms with Gasteiger partial charge in [0, 0.05) is 18.3 Å². The first kappa shape index (κ1) is 10.9. The average Bonchev–Trinajstić information content (AvgIpc) is 2.45. The van der Waals surface area contributed by atoms with Crippen LogP contribution in [0.4, 0.5) is 0 Å². The maximum absolute atomic E-state index is 11.8. The molecule has 0 saturated carbocycles. The van der Waals surface area contributed by atoms with Gasteiger partial charge in [0.05, 0.1) is 0 Å². The molecule has 1 aliphatic heterocycles. The molecule has 0 unspecified atom stereocenters. The van der Waals surface area contributed by atoms with Crippen molar-refractivity contribution in [2.24, 2.45) is 5.41 Å². The lowest BCUT2D eigenvalue weighted by molar-refractivity contribution is -0.154. The van der Waals surface area contributed by atoms with Crippen molar-refractivity contribution >= 4 is 17.7 Å². The Hall–Kier alpha value is -1.19. The highest BCUT2D eigenvalue weighted by Crippen LogP contribution is 2.26. The summed E-state index contributed by atoms with van der Waals surface area (Å²) in [6, 6.07) is 0. The molecule has 0 aliphatic carbocycles. The summed E-state index contributed by atoms with van der Waals surface area (Å²) in [5, 5.41) is 0. The van der Waals surface area contributed by atoms with Gasteiger partial charge in [0.1, 0.15) is 0 Å². The van der Waals surface area contributed by atoms with E-state index >= 15 is 0 Å². The van der Waals surface area contributed by atoms with Crippen LogP contribution in [0.3, 0.4) is 0 Å². The van der Waals surface area contributed by atoms with E-state index in [0.717, 1.165) is 4.90 Å². The van der Waals surface area contributed by atoms with Crippen molar-refractivity contribution in [1.29, 1.82) is 0 Å². The van der Waals surface area contributed by atoms with E-state index in [4.69, 9.17) is 0 Å². The van der Waals surface area contributed by atoms with E-state index in [-0.39, 0.29) is 30.6 Å². The van der Waals surface area contributed by atoms with Crippen molar-refractivity contribution in [3.63, 3.8) is 0 Å². The van der Waals surface area contributed by atoms with Crippen LogP contribution in [0.15, 0.2) is 0 Å². The van der Waals surface area contributed by atoms with Crippen molar-refractivity contribution < 1.29 is 14.4 Å². The predicted molar refractivity (Wildman–Crippen MR) is 50.2 cm³/mol. The molecule has 4 heteroatoms. The molecule has 0 atom stereocenters. The van der Waals surface area contributed by atoms with Crippen molar-refractivity contribution in [2.45, 2.75) is 40.0 Å². The zero-order valence-electron chi connectivity index (χ0n) is 8.79. The molecule has 0 aromatic carbocycles. The van der Waals surface area contributed by atoms with E-state index in [0.29, 0.717) is 6.42 Å². The Labute approximate surface area is 83.3 Å². The van der Waals surface area contributed by atoms with Crippen molar-refractivity contribution in [1.82, 2.24) is 4.90 Å². The molecule has 0 aromatic heterocycles. The van der Waals surface area contributed by atoms with Crippen molar-refractivity contribution in [3.8, 4) is 0 Å². The van der Waals surface area contributed by atoms with Gasteiger partial charge in [0.2, 0.25) is 17.7 Å². The lowest BCUT2D eigenvalue weighted by Gasteiger charge is -2.25. The molecule has 0 bridgehead atoms. The monoisotopic (exact) mass is 197 g/mol. The molecule has 3 amide bonds. The largest absolute Gasteiger partial charge is 0.274 e. The number of rotatable bonds is 2. The molecule has 0 radical (unpaired) electrons. The number of carbonyl (C=O) groups excluding carboxylic acids is 3. The summed E-state index contributed by atoms with van der Waals surface area (Å²) in [6.45, 7) is 5.35. The standard InChI is InChI=1S/C10H15NO3/c1-4-10(2,3)9(14)11-7(12)5-6-8(11)13/h4-6H2,1-3H3. The quantitative estimate of drug-likeness (QED) is 0.623. The summed E-state index contributed by atoms with van der Waals surface area (Å²) in [4.78, 5) is 35.2. The molecule has 0 N–H and O–H groups in total. The van der Waals surface area contributed by atoms with Crippen LogP contribution in [0.5, 0.6) is 0 Å². The van der Waals surface area contributed by atoms with Crippen molar-refractivity contribution in [2.75, 3.05) is 0 Å². The van der Waals surface area contributed by atoms with Gasteiger partial charge in [-0.15, -0.1) is 0 Å². The topological polar surface area (TPSA) is 54.5 Å². The first-order valence-corrected chi connectivity index (χ1v) is 4.80. The van der Waals surface area contributed by atoms with Crippen molar-refractivity contribution in [3.05, 3.63) is 0 Å². The van der Waals surface area contributed by atoms with Gasteiger partial charge in [-0.3, -0.25) is 14.4 Å². The highest BCUT2D eigenvalue weighted by molar-refractivity contribution is 6.16. The summed E-state index contributed by atoms with van der Waals surface area (Å²) in [5.74, 6) is -1.09. The normalized spacial score (nSPS) is 17.8. The fourth-order valence-corrected chi connectivity index (χ4v) is 1.26. The van der Waals surface area contributed by atoms with Gasteiger partial charge in [0.15, 0.2) is 0 Å². The number of amides is 3. The minimum Gasteiger partial charge on any atom is -0.274 e. The summed E-state index contributed by atoms with van der Waals surface area (Å²) in [7, 11) is 0. The zero-order valence-corrected chi connectivity index (χ0v) is 8.79. The maximum Gasteiger partial charge on any atom is 0.241 e. The van der Waals surface area contributed by atoms with E-state index in [1.165, 1.54) is 0 Å². The van der Waals surface area contributed by atoms with Gasteiger partial charge in [-0.1, -0.05) is 20.8 Å². The van der Waals surface area contributed by atoms with E-state index in [1.807, 2.05) is 6.92 Å². The summed E-state index contributed by atoms with van der Waals surface area (Å²) in [5.41, 5.74) is -0.629. The third kappa shape index (κ3) is 1.69. The molecular weight excluding hydrogens is 182 g/mol. The van der Waals surface area contributed by atoms with Crippen LogP contribution in [-0.4, -0.2) is 22.6 Å². The molecule has 0 aromatic rings. The number of hydrogen-bond donors (Lipinski definition) is 0. The minimum absolute atomic E-state index is 0.171. The number of imide groups is 3. The first-order valence-electron chi connectivity index (χ1n) is 4.80. The Morgan fingerprint density at radius 2 is 1.71 bits per heavy atom. The molecule has 0 spiro atoms. The van der Waals surface area contributed by atoms with Crippen LogP contribution in [0.25, 0.3) is 0 Å². The second-order valence-corrected chi connectivity index (χ2v) is 4.17. The Kier molecular flexibility index (Phi) is 2.73. The molecule has 1 saturated heterocycles. The molecular formula is C10H15NO3. The second kappa shape index (κ2) is 3.52. The lowest BCUT2D eigenvalue weighted by Crippen LogP contribution is -2.43. The third-order valence-corrected chi connectivity index (χ3v) is 2.72. The zero-order chi connectivity index (χ0) is 10.9. The van der Waals surface area contributed by atoms with Crippen LogP contribution < -0.4 is 0 Å². The Bertz CT molecular complexity index is 278. The minimum atomic E-state index is -0.629. The smallest absolute Gasteiger partial charge is 0.241 e. The molecule has 4 nitrogen and oxygen atoms in total.